The van der Waals surface area contributed by atoms with Crippen LogP contribution < -0.4 is 4.72 Å². The second kappa shape index (κ2) is 4.39. The smallest absolute Gasteiger partial charge is 0.269 e. The summed E-state index contributed by atoms with van der Waals surface area (Å²) in [5, 5.41) is 7.24. The first-order valence-corrected chi connectivity index (χ1v) is 7.18. The number of aryl methyl sites for hydroxylation is 3. The van der Waals surface area contributed by atoms with Gasteiger partial charge in [-0.1, -0.05) is 10.3 Å². The van der Waals surface area contributed by atoms with Crippen molar-refractivity contribution >= 4 is 31.8 Å². The number of aromatic nitrogens is 2. The van der Waals surface area contributed by atoms with Gasteiger partial charge in [-0.2, -0.15) is 0 Å². The van der Waals surface area contributed by atoms with Crippen molar-refractivity contribution in [2.45, 2.75) is 25.7 Å². The third-order valence-corrected chi connectivity index (χ3v) is 4.76. The van der Waals surface area contributed by atoms with Crippen LogP contribution in [0.4, 0.5) is 5.88 Å². The largest absolute Gasteiger partial charge is 0.360 e. The second-order valence-electron chi connectivity index (χ2n) is 3.67. The summed E-state index contributed by atoms with van der Waals surface area (Å²) in [5.41, 5.74) is 0.832. The lowest BCUT2D eigenvalue weighted by molar-refractivity contribution is 0.390. The van der Waals surface area contributed by atoms with E-state index in [4.69, 9.17) is 9.05 Å². The molecule has 0 spiro atoms. The quantitative estimate of drug-likeness (QED) is 0.922. The molecule has 2 aromatic heterocycles. The molecule has 0 aromatic carbocycles. The van der Waals surface area contributed by atoms with E-state index in [9.17, 15) is 8.42 Å². The van der Waals surface area contributed by atoms with E-state index in [0.717, 1.165) is 0 Å². The van der Waals surface area contributed by atoms with E-state index in [1.165, 1.54) is 6.92 Å². The number of hydrogen-bond donors (Lipinski definition) is 1. The van der Waals surface area contributed by atoms with Crippen LogP contribution in [0.25, 0.3) is 0 Å². The first-order chi connectivity index (χ1) is 8.33. The highest BCUT2D eigenvalue weighted by Gasteiger charge is 2.26. The average molecular weight is 336 g/mol. The van der Waals surface area contributed by atoms with Crippen LogP contribution in [0.15, 0.2) is 18.4 Å². The maximum atomic E-state index is 12.1. The molecule has 0 unspecified atom stereocenters. The topological polar surface area (TPSA) is 98.2 Å². The van der Waals surface area contributed by atoms with Gasteiger partial charge >= 0.3 is 0 Å². The normalized spacial score (nSPS) is 11.8. The van der Waals surface area contributed by atoms with Crippen molar-refractivity contribution in [1.29, 1.82) is 0 Å². The Hall–Kier alpha value is -1.35. The molecule has 1 N–H and O–H groups in total. The number of halogens is 1. The molecule has 0 aliphatic rings. The first kappa shape index (κ1) is 13.1. The Labute approximate surface area is 112 Å². The third kappa shape index (κ3) is 2.15. The molecule has 0 saturated heterocycles. The van der Waals surface area contributed by atoms with Crippen LogP contribution in [0.2, 0.25) is 0 Å². The summed E-state index contributed by atoms with van der Waals surface area (Å²) in [6.45, 7) is 4.75. The van der Waals surface area contributed by atoms with Crippen molar-refractivity contribution in [1.82, 2.24) is 10.3 Å². The van der Waals surface area contributed by atoms with E-state index >= 15 is 0 Å². The molecule has 0 saturated carbocycles. The standard InChI is InChI=1S/C9H10BrN3O4S/c1-4-7(10)9(17-11-4)13-18(14,15)8-5(2)12-16-6(8)3/h13H,1-3H3. The third-order valence-electron chi connectivity index (χ3n) is 2.25. The van der Waals surface area contributed by atoms with Crippen LogP contribution in [0.3, 0.4) is 0 Å². The van der Waals surface area contributed by atoms with Gasteiger partial charge in [-0.15, -0.1) is 0 Å². The Morgan fingerprint density at radius 2 is 1.72 bits per heavy atom. The van der Waals surface area contributed by atoms with Crippen LogP contribution >= 0.6 is 15.9 Å². The van der Waals surface area contributed by atoms with Gasteiger partial charge in [-0.3, -0.25) is 0 Å². The molecule has 0 radical (unpaired) electrons. The van der Waals surface area contributed by atoms with Gasteiger partial charge in [0.25, 0.3) is 15.9 Å². The summed E-state index contributed by atoms with van der Waals surface area (Å²) < 4.78 is 36.7. The average Bonchev–Trinajstić information content (AvgIpc) is 2.76. The van der Waals surface area contributed by atoms with E-state index in [0.29, 0.717) is 10.2 Å². The molecule has 0 amide bonds. The van der Waals surface area contributed by atoms with Crippen molar-refractivity contribution in [3.63, 3.8) is 0 Å². The minimum atomic E-state index is -3.81. The molecule has 0 fully saturated rings. The predicted octanol–water partition coefficient (Wildman–Crippen LogP) is 2.15. The fourth-order valence-corrected chi connectivity index (χ4v) is 3.16. The SMILES string of the molecule is Cc1noc(NS(=O)(=O)c2c(C)noc2C)c1Br. The molecule has 0 aliphatic carbocycles. The number of sulfonamides is 1. The van der Waals surface area contributed by atoms with E-state index in [1.54, 1.807) is 13.8 Å². The zero-order valence-corrected chi connectivity index (χ0v) is 12.2. The highest BCUT2D eigenvalue weighted by atomic mass is 79.9. The highest BCUT2D eigenvalue weighted by molar-refractivity contribution is 9.10. The molecule has 9 heteroatoms. The molecule has 2 rings (SSSR count). The Morgan fingerprint density at radius 1 is 1.11 bits per heavy atom. The van der Waals surface area contributed by atoms with E-state index < -0.39 is 10.0 Å². The molecule has 2 heterocycles. The van der Waals surface area contributed by atoms with Crippen molar-refractivity contribution in [2.75, 3.05) is 4.72 Å². The molecule has 0 aliphatic heterocycles. The first-order valence-electron chi connectivity index (χ1n) is 4.90. The van der Waals surface area contributed by atoms with Crippen LogP contribution in [0, 0.1) is 20.8 Å². The van der Waals surface area contributed by atoms with Gasteiger partial charge in [0, 0.05) is 0 Å². The number of nitrogens with zero attached hydrogens (tertiary/aromatic N) is 2. The molecular formula is C9H10BrN3O4S. The van der Waals surface area contributed by atoms with Crippen molar-refractivity contribution in [3.8, 4) is 0 Å². The molecular weight excluding hydrogens is 326 g/mol. The van der Waals surface area contributed by atoms with Crippen molar-refractivity contribution < 1.29 is 17.5 Å². The van der Waals surface area contributed by atoms with E-state index in [-0.39, 0.29) is 22.2 Å². The van der Waals surface area contributed by atoms with Crippen LogP contribution in [-0.2, 0) is 10.0 Å². The summed E-state index contributed by atoms with van der Waals surface area (Å²) in [4.78, 5) is 0.00320. The zero-order chi connectivity index (χ0) is 13.5. The Balaban J connectivity index is 2.43. The highest BCUT2D eigenvalue weighted by Crippen LogP contribution is 2.29. The summed E-state index contributed by atoms with van der Waals surface area (Å²) in [5.74, 6) is 0.236. The van der Waals surface area contributed by atoms with Crippen LogP contribution in [0.5, 0.6) is 0 Å². The summed E-state index contributed by atoms with van der Waals surface area (Å²) in [7, 11) is -3.81. The number of rotatable bonds is 3. The Morgan fingerprint density at radius 3 is 2.17 bits per heavy atom. The minimum absolute atomic E-state index is 0.00320. The number of anilines is 1. The molecule has 0 atom stereocenters. The Kier molecular flexibility index (Phi) is 3.20. The fraction of sp³-hybridized carbons (Fsp3) is 0.333. The van der Waals surface area contributed by atoms with Gasteiger partial charge in [0.15, 0.2) is 10.7 Å². The molecule has 98 valence electrons. The monoisotopic (exact) mass is 335 g/mol. The lowest BCUT2D eigenvalue weighted by Crippen LogP contribution is -2.14. The number of hydrogen-bond acceptors (Lipinski definition) is 6. The predicted molar refractivity (Wildman–Crippen MR) is 65.7 cm³/mol. The Bertz CT molecular complexity index is 669. The van der Waals surface area contributed by atoms with Gasteiger partial charge in [-0.05, 0) is 36.7 Å². The van der Waals surface area contributed by atoms with Gasteiger partial charge in [-0.25, -0.2) is 13.1 Å². The van der Waals surface area contributed by atoms with Gasteiger partial charge in [0.05, 0.1) is 5.69 Å². The lowest BCUT2D eigenvalue weighted by atomic mass is 10.4. The van der Waals surface area contributed by atoms with E-state index in [2.05, 4.69) is 31.0 Å². The molecule has 0 bridgehead atoms. The summed E-state index contributed by atoms with van der Waals surface area (Å²) >= 11 is 3.18. The van der Waals surface area contributed by atoms with Gasteiger partial charge in [0.1, 0.15) is 10.2 Å². The van der Waals surface area contributed by atoms with Crippen LogP contribution in [0.1, 0.15) is 17.1 Å². The summed E-state index contributed by atoms with van der Waals surface area (Å²) in [6.07, 6.45) is 0. The second-order valence-corrected chi connectivity index (χ2v) is 6.08. The van der Waals surface area contributed by atoms with Crippen molar-refractivity contribution in [2.24, 2.45) is 0 Å². The van der Waals surface area contributed by atoms with Gasteiger partial charge in [0.2, 0.25) is 0 Å². The lowest BCUT2D eigenvalue weighted by Gasteiger charge is -2.03. The maximum absolute atomic E-state index is 12.1. The van der Waals surface area contributed by atoms with Gasteiger partial charge < -0.3 is 9.05 Å². The molecule has 7 nitrogen and oxygen atoms in total. The van der Waals surface area contributed by atoms with Crippen molar-refractivity contribution in [3.05, 3.63) is 21.6 Å². The fourth-order valence-electron chi connectivity index (χ4n) is 1.45. The molecule has 2 aromatic rings. The molecule has 18 heavy (non-hydrogen) atoms. The number of nitrogens with one attached hydrogen (secondary N) is 1. The zero-order valence-electron chi connectivity index (χ0n) is 9.81. The summed E-state index contributed by atoms with van der Waals surface area (Å²) in [6, 6.07) is 0. The van der Waals surface area contributed by atoms with E-state index in [1.807, 2.05) is 0 Å². The minimum Gasteiger partial charge on any atom is -0.360 e. The maximum Gasteiger partial charge on any atom is 0.269 e. The van der Waals surface area contributed by atoms with Crippen LogP contribution in [-0.4, -0.2) is 18.7 Å².